The third-order valence-electron chi connectivity index (χ3n) is 3.64. The van der Waals surface area contributed by atoms with Crippen LogP contribution in [0, 0.1) is 0 Å². The van der Waals surface area contributed by atoms with E-state index >= 15 is 0 Å². The Labute approximate surface area is 137 Å². The van der Waals surface area contributed by atoms with Crippen LogP contribution >= 0.6 is 11.7 Å². The first kappa shape index (κ1) is 13.8. The summed E-state index contributed by atoms with van der Waals surface area (Å²) < 4.78 is 10.8. The average molecular weight is 319 g/mol. The van der Waals surface area contributed by atoms with Crippen LogP contribution in [0.5, 0.6) is 0 Å². The van der Waals surface area contributed by atoms with Gasteiger partial charge in [0.2, 0.25) is 0 Å². The molecule has 0 bridgehead atoms. The van der Waals surface area contributed by atoms with Gasteiger partial charge in [0.1, 0.15) is 11.4 Å². The van der Waals surface area contributed by atoms with Crippen LogP contribution in [0.1, 0.15) is 11.3 Å². The van der Waals surface area contributed by atoms with Crippen molar-refractivity contribution in [3.05, 3.63) is 66.6 Å². The number of nitrogens with zero attached hydrogens (tertiary/aromatic N) is 5. The molecule has 3 aromatic heterocycles. The van der Waals surface area contributed by atoms with Crippen LogP contribution in [0.15, 0.2) is 55.4 Å². The summed E-state index contributed by atoms with van der Waals surface area (Å²) in [5.41, 5.74) is 4.65. The Morgan fingerprint density at radius 3 is 2.87 bits per heavy atom. The third-order valence-corrected chi connectivity index (χ3v) is 4.18. The van der Waals surface area contributed by atoms with E-state index in [4.69, 9.17) is 4.98 Å². The molecule has 3 heterocycles. The molecule has 0 aliphatic rings. The summed E-state index contributed by atoms with van der Waals surface area (Å²) in [4.78, 5) is 8.95. The highest BCUT2D eigenvalue weighted by Crippen LogP contribution is 2.27. The number of rotatable bonds is 4. The largest absolute Gasteiger partial charge is 0.318 e. The SMILES string of the molecule is C=Cc1nsnc1-c1nc2ccccc2n1Cc1cccnc1. The maximum Gasteiger partial charge on any atom is 0.163 e. The third kappa shape index (κ3) is 2.43. The zero-order chi connectivity index (χ0) is 15.6. The Morgan fingerprint density at radius 1 is 1.13 bits per heavy atom. The van der Waals surface area contributed by atoms with Crippen molar-refractivity contribution in [3.8, 4) is 11.5 Å². The molecule has 0 spiro atoms. The molecule has 0 unspecified atom stereocenters. The predicted molar refractivity (Wildman–Crippen MR) is 92.1 cm³/mol. The lowest BCUT2D eigenvalue weighted by molar-refractivity contribution is 0.827. The lowest BCUT2D eigenvalue weighted by Crippen LogP contribution is -2.03. The Kier molecular flexibility index (Phi) is 3.44. The highest BCUT2D eigenvalue weighted by molar-refractivity contribution is 6.99. The molecule has 0 aliphatic carbocycles. The van der Waals surface area contributed by atoms with E-state index in [2.05, 4.69) is 37.0 Å². The number of imidazole rings is 1. The van der Waals surface area contributed by atoms with Crippen molar-refractivity contribution >= 4 is 28.8 Å². The molecule has 6 heteroatoms. The molecule has 0 atom stereocenters. The minimum Gasteiger partial charge on any atom is -0.318 e. The van der Waals surface area contributed by atoms with E-state index < -0.39 is 0 Å². The van der Waals surface area contributed by atoms with E-state index in [1.807, 2.05) is 30.5 Å². The second-order valence-corrected chi connectivity index (χ2v) is 5.60. The summed E-state index contributed by atoms with van der Waals surface area (Å²) in [6.45, 7) is 4.49. The van der Waals surface area contributed by atoms with Crippen molar-refractivity contribution in [3.63, 3.8) is 0 Å². The molecule has 0 saturated carbocycles. The first-order valence-corrected chi connectivity index (χ1v) is 7.89. The predicted octanol–water partition coefficient (Wildman–Crippen LogP) is 3.64. The second kappa shape index (κ2) is 5.73. The van der Waals surface area contributed by atoms with E-state index in [0.717, 1.165) is 33.8 Å². The van der Waals surface area contributed by atoms with E-state index in [1.54, 1.807) is 12.3 Å². The molecule has 0 fully saturated rings. The van der Waals surface area contributed by atoms with Crippen molar-refractivity contribution in [2.45, 2.75) is 6.54 Å². The lowest BCUT2D eigenvalue weighted by Gasteiger charge is -2.08. The maximum absolute atomic E-state index is 4.76. The van der Waals surface area contributed by atoms with E-state index in [1.165, 1.54) is 11.7 Å². The minimum absolute atomic E-state index is 0.678. The monoisotopic (exact) mass is 319 g/mol. The highest BCUT2D eigenvalue weighted by atomic mass is 32.1. The Balaban J connectivity index is 1.93. The topological polar surface area (TPSA) is 56.5 Å². The van der Waals surface area contributed by atoms with Gasteiger partial charge in [0, 0.05) is 12.4 Å². The number of hydrogen-bond donors (Lipinski definition) is 0. The minimum atomic E-state index is 0.678. The van der Waals surface area contributed by atoms with Crippen LogP contribution in [0.2, 0.25) is 0 Å². The van der Waals surface area contributed by atoms with E-state index in [0.29, 0.717) is 6.54 Å². The second-order valence-electron chi connectivity index (χ2n) is 5.07. The van der Waals surface area contributed by atoms with Gasteiger partial charge in [-0.25, -0.2) is 4.98 Å². The van der Waals surface area contributed by atoms with E-state index in [-0.39, 0.29) is 0 Å². The molecule has 23 heavy (non-hydrogen) atoms. The molecule has 0 saturated heterocycles. The number of benzene rings is 1. The number of para-hydroxylation sites is 2. The van der Waals surface area contributed by atoms with Crippen molar-refractivity contribution in [2.24, 2.45) is 0 Å². The van der Waals surface area contributed by atoms with Gasteiger partial charge in [0.25, 0.3) is 0 Å². The molecule has 5 nitrogen and oxygen atoms in total. The number of pyridine rings is 1. The molecule has 0 aliphatic heterocycles. The number of aromatic nitrogens is 5. The quantitative estimate of drug-likeness (QED) is 0.576. The van der Waals surface area contributed by atoms with Crippen molar-refractivity contribution in [2.75, 3.05) is 0 Å². The Hall–Kier alpha value is -2.86. The summed E-state index contributed by atoms with van der Waals surface area (Å²) >= 11 is 1.17. The highest BCUT2D eigenvalue weighted by Gasteiger charge is 2.18. The molecule has 4 rings (SSSR count). The van der Waals surface area contributed by atoms with Gasteiger partial charge < -0.3 is 4.57 Å². The number of fused-ring (bicyclic) bond motifs is 1. The fraction of sp³-hybridized carbons (Fsp3) is 0.0588. The van der Waals surface area contributed by atoms with Crippen LogP contribution in [0.25, 0.3) is 28.6 Å². The summed E-state index contributed by atoms with van der Waals surface area (Å²) in [7, 11) is 0. The van der Waals surface area contributed by atoms with Crippen molar-refractivity contribution < 1.29 is 0 Å². The van der Waals surface area contributed by atoms with Crippen molar-refractivity contribution in [1.82, 2.24) is 23.3 Å². The molecule has 4 aromatic rings. The molecular formula is C17H13N5S. The van der Waals surface area contributed by atoms with Crippen LogP contribution < -0.4 is 0 Å². The van der Waals surface area contributed by atoms with Crippen LogP contribution in [0.4, 0.5) is 0 Å². The fourth-order valence-electron chi connectivity index (χ4n) is 2.58. The molecule has 0 amide bonds. The fourth-order valence-corrected chi connectivity index (χ4v) is 3.12. The first-order valence-electron chi connectivity index (χ1n) is 7.16. The summed E-state index contributed by atoms with van der Waals surface area (Å²) in [5, 5.41) is 0. The van der Waals surface area contributed by atoms with Gasteiger partial charge in [-0.3, -0.25) is 4.98 Å². The van der Waals surface area contributed by atoms with Crippen LogP contribution in [-0.2, 0) is 6.54 Å². The van der Waals surface area contributed by atoms with Gasteiger partial charge in [0.05, 0.1) is 29.3 Å². The average Bonchev–Trinajstić information content (AvgIpc) is 3.20. The summed E-state index contributed by atoms with van der Waals surface area (Å²) in [6, 6.07) is 12.1. The lowest BCUT2D eigenvalue weighted by atomic mass is 10.2. The zero-order valence-electron chi connectivity index (χ0n) is 12.3. The van der Waals surface area contributed by atoms with Gasteiger partial charge in [-0.15, -0.1) is 0 Å². The summed E-state index contributed by atoms with van der Waals surface area (Å²) in [5.74, 6) is 0.804. The Bertz CT molecular complexity index is 971. The summed E-state index contributed by atoms with van der Waals surface area (Å²) in [6.07, 6.45) is 5.36. The zero-order valence-corrected chi connectivity index (χ0v) is 13.1. The molecule has 0 N–H and O–H groups in total. The van der Waals surface area contributed by atoms with E-state index in [9.17, 15) is 0 Å². The van der Waals surface area contributed by atoms with Crippen LogP contribution in [-0.4, -0.2) is 23.3 Å². The molecule has 0 radical (unpaired) electrons. The molecule has 1 aromatic carbocycles. The van der Waals surface area contributed by atoms with Gasteiger partial charge in [-0.05, 0) is 29.8 Å². The van der Waals surface area contributed by atoms with Crippen LogP contribution in [0.3, 0.4) is 0 Å². The van der Waals surface area contributed by atoms with Gasteiger partial charge in [0.15, 0.2) is 5.82 Å². The molecular weight excluding hydrogens is 306 g/mol. The normalized spacial score (nSPS) is 11.0. The molecule has 112 valence electrons. The standard InChI is InChI=1S/C17H13N5S/c1-2-13-16(21-23-20-13)17-19-14-7-3-4-8-15(14)22(17)11-12-6-5-9-18-10-12/h2-10H,1,11H2. The Morgan fingerprint density at radius 2 is 2.04 bits per heavy atom. The smallest absolute Gasteiger partial charge is 0.163 e. The van der Waals surface area contributed by atoms with Gasteiger partial charge in [-0.2, -0.15) is 8.75 Å². The maximum atomic E-state index is 4.76. The van der Waals surface area contributed by atoms with Crippen molar-refractivity contribution in [1.29, 1.82) is 0 Å². The number of hydrogen-bond acceptors (Lipinski definition) is 5. The van der Waals surface area contributed by atoms with Gasteiger partial charge in [-0.1, -0.05) is 24.8 Å². The van der Waals surface area contributed by atoms with Gasteiger partial charge >= 0.3 is 0 Å². The first-order chi connectivity index (χ1) is 11.4.